The van der Waals surface area contributed by atoms with Gasteiger partial charge in [0.2, 0.25) is 5.89 Å². The van der Waals surface area contributed by atoms with Crippen LogP contribution in [0.1, 0.15) is 44.3 Å². The number of rotatable bonds is 5. The number of hydrogen-bond acceptors (Lipinski definition) is 6. The summed E-state index contributed by atoms with van der Waals surface area (Å²) < 4.78 is 16.6. The summed E-state index contributed by atoms with van der Waals surface area (Å²) in [6, 6.07) is 0. The average Bonchev–Trinajstić information content (AvgIpc) is 3.09. The van der Waals surface area contributed by atoms with Gasteiger partial charge in [0, 0.05) is 26.1 Å². The molecule has 6 nitrogen and oxygen atoms in total. The normalized spacial score (nSPS) is 26.9. The minimum absolute atomic E-state index is 0.0922. The number of ether oxygens (including phenoxy) is 2. The summed E-state index contributed by atoms with van der Waals surface area (Å²) in [6.45, 7) is 7.19. The van der Waals surface area contributed by atoms with Gasteiger partial charge in [-0.1, -0.05) is 5.16 Å². The molecule has 2 fully saturated rings. The van der Waals surface area contributed by atoms with Gasteiger partial charge in [0.25, 0.3) is 0 Å². The van der Waals surface area contributed by atoms with Gasteiger partial charge < -0.3 is 14.0 Å². The van der Waals surface area contributed by atoms with Crippen molar-refractivity contribution < 1.29 is 14.0 Å². The Bertz CT molecular complexity index is 456. The van der Waals surface area contributed by atoms with Gasteiger partial charge in [-0.2, -0.15) is 4.98 Å². The molecule has 1 aliphatic heterocycles. The van der Waals surface area contributed by atoms with Gasteiger partial charge in [-0.15, -0.1) is 0 Å². The quantitative estimate of drug-likeness (QED) is 0.816. The molecule has 0 N–H and O–H groups in total. The first-order chi connectivity index (χ1) is 9.55. The van der Waals surface area contributed by atoms with E-state index in [0.717, 1.165) is 18.9 Å². The average molecular weight is 281 g/mol. The first-order valence-electron chi connectivity index (χ1n) is 7.27. The molecule has 20 heavy (non-hydrogen) atoms. The first-order valence-corrected chi connectivity index (χ1v) is 7.27. The molecule has 1 aromatic rings. The Morgan fingerprint density at radius 3 is 2.90 bits per heavy atom. The van der Waals surface area contributed by atoms with Crippen molar-refractivity contribution in [2.75, 3.05) is 26.8 Å². The molecule has 1 saturated carbocycles. The summed E-state index contributed by atoms with van der Waals surface area (Å²) in [5.41, 5.74) is -0.180. The van der Waals surface area contributed by atoms with Crippen molar-refractivity contribution in [1.82, 2.24) is 15.0 Å². The van der Waals surface area contributed by atoms with E-state index in [0.29, 0.717) is 25.0 Å². The summed E-state index contributed by atoms with van der Waals surface area (Å²) in [5, 5.41) is 4.07. The van der Waals surface area contributed by atoms with Gasteiger partial charge >= 0.3 is 0 Å². The highest BCUT2D eigenvalue weighted by Gasteiger charge is 2.34. The number of nitrogens with zero attached hydrogens (tertiary/aromatic N) is 3. The summed E-state index contributed by atoms with van der Waals surface area (Å²) >= 11 is 0. The molecule has 2 heterocycles. The molecule has 0 amide bonds. The molecule has 1 aliphatic carbocycles. The third kappa shape index (κ3) is 3.37. The van der Waals surface area contributed by atoms with Crippen molar-refractivity contribution in [3.05, 3.63) is 11.7 Å². The molecule has 0 aromatic carbocycles. The molecular formula is C14H23N3O3. The van der Waals surface area contributed by atoms with E-state index < -0.39 is 0 Å². The van der Waals surface area contributed by atoms with Crippen molar-refractivity contribution in [3.8, 4) is 0 Å². The maximum absolute atomic E-state index is 6.00. The fourth-order valence-electron chi connectivity index (χ4n) is 2.84. The molecule has 1 unspecified atom stereocenters. The van der Waals surface area contributed by atoms with E-state index in [4.69, 9.17) is 14.0 Å². The van der Waals surface area contributed by atoms with Crippen molar-refractivity contribution in [1.29, 1.82) is 0 Å². The SMILES string of the molecule is COCC1CN(Cc2nc(C3CC3)no2)CC(C)(C)O1. The van der Waals surface area contributed by atoms with E-state index >= 15 is 0 Å². The monoisotopic (exact) mass is 281 g/mol. The smallest absolute Gasteiger partial charge is 0.240 e. The molecule has 0 spiro atoms. The van der Waals surface area contributed by atoms with E-state index in [2.05, 4.69) is 28.9 Å². The van der Waals surface area contributed by atoms with Crippen LogP contribution in [0.25, 0.3) is 0 Å². The lowest BCUT2D eigenvalue weighted by molar-refractivity contribution is -0.155. The van der Waals surface area contributed by atoms with Crippen LogP contribution in [0.4, 0.5) is 0 Å². The van der Waals surface area contributed by atoms with Crippen molar-refractivity contribution in [2.24, 2.45) is 0 Å². The fourth-order valence-corrected chi connectivity index (χ4v) is 2.84. The fraction of sp³-hybridized carbons (Fsp3) is 0.857. The number of hydrogen-bond donors (Lipinski definition) is 0. The summed E-state index contributed by atoms with van der Waals surface area (Å²) in [4.78, 5) is 6.80. The Balaban J connectivity index is 1.62. The first kappa shape index (κ1) is 14.0. The summed E-state index contributed by atoms with van der Waals surface area (Å²) in [6.07, 6.45) is 2.48. The van der Waals surface area contributed by atoms with Gasteiger partial charge in [0.1, 0.15) is 0 Å². The van der Waals surface area contributed by atoms with Crippen molar-refractivity contribution in [2.45, 2.75) is 50.9 Å². The second-order valence-corrected chi connectivity index (χ2v) is 6.45. The Hall–Kier alpha value is -0.980. The largest absolute Gasteiger partial charge is 0.382 e. The lowest BCUT2D eigenvalue weighted by atomic mass is 10.1. The van der Waals surface area contributed by atoms with Gasteiger partial charge in [-0.25, -0.2) is 0 Å². The van der Waals surface area contributed by atoms with E-state index in [1.807, 2.05) is 0 Å². The Morgan fingerprint density at radius 2 is 2.20 bits per heavy atom. The maximum Gasteiger partial charge on any atom is 0.240 e. The Kier molecular flexibility index (Phi) is 3.79. The van der Waals surface area contributed by atoms with Crippen LogP contribution in [0.2, 0.25) is 0 Å². The molecule has 112 valence electrons. The molecule has 0 bridgehead atoms. The number of methoxy groups -OCH3 is 1. The third-order valence-electron chi connectivity index (χ3n) is 3.69. The summed E-state index contributed by atoms with van der Waals surface area (Å²) in [7, 11) is 1.70. The zero-order valence-corrected chi connectivity index (χ0v) is 12.5. The molecule has 1 saturated heterocycles. The highest BCUT2D eigenvalue weighted by Crippen LogP contribution is 2.38. The standard InChI is InChI=1S/C14H23N3O3/c1-14(2)9-17(6-11(19-14)8-18-3)7-12-15-13(16-20-12)10-4-5-10/h10-11H,4-9H2,1-3H3. The predicted molar refractivity (Wildman–Crippen MR) is 72.4 cm³/mol. The van der Waals surface area contributed by atoms with E-state index in [-0.39, 0.29) is 11.7 Å². The molecule has 1 aromatic heterocycles. The van der Waals surface area contributed by atoms with Crippen LogP contribution in [-0.2, 0) is 16.0 Å². The minimum atomic E-state index is -0.180. The Labute approximate surface area is 119 Å². The zero-order chi connectivity index (χ0) is 14.2. The van der Waals surface area contributed by atoms with E-state index in [1.54, 1.807) is 7.11 Å². The second-order valence-electron chi connectivity index (χ2n) is 6.45. The van der Waals surface area contributed by atoms with Crippen molar-refractivity contribution >= 4 is 0 Å². The lowest BCUT2D eigenvalue weighted by Crippen LogP contribution is -2.53. The summed E-state index contributed by atoms with van der Waals surface area (Å²) in [5.74, 6) is 2.12. The van der Waals surface area contributed by atoms with Gasteiger partial charge in [0.05, 0.1) is 24.9 Å². The topological polar surface area (TPSA) is 60.6 Å². The van der Waals surface area contributed by atoms with Gasteiger partial charge in [-0.05, 0) is 26.7 Å². The molecule has 0 radical (unpaired) electrons. The number of morpholine rings is 1. The maximum atomic E-state index is 6.00. The van der Waals surface area contributed by atoms with Crippen LogP contribution in [0, 0.1) is 0 Å². The van der Waals surface area contributed by atoms with Crippen LogP contribution in [-0.4, -0.2) is 53.6 Å². The third-order valence-corrected chi connectivity index (χ3v) is 3.69. The second kappa shape index (κ2) is 5.42. The van der Waals surface area contributed by atoms with Gasteiger partial charge in [-0.3, -0.25) is 4.90 Å². The molecule has 3 rings (SSSR count). The van der Waals surface area contributed by atoms with Gasteiger partial charge in [0.15, 0.2) is 5.82 Å². The van der Waals surface area contributed by atoms with Crippen molar-refractivity contribution in [3.63, 3.8) is 0 Å². The highest BCUT2D eigenvalue weighted by atomic mass is 16.5. The van der Waals surface area contributed by atoms with E-state index in [1.165, 1.54) is 12.8 Å². The number of aromatic nitrogens is 2. The Morgan fingerprint density at radius 1 is 1.40 bits per heavy atom. The molecule has 2 aliphatic rings. The van der Waals surface area contributed by atoms with Crippen LogP contribution in [0.3, 0.4) is 0 Å². The predicted octanol–water partition coefficient (Wildman–Crippen LogP) is 1.57. The molecular weight excluding hydrogens is 258 g/mol. The molecule has 1 atom stereocenters. The van der Waals surface area contributed by atoms with E-state index in [9.17, 15) is 0 Å². The lowest BCUT2D eigenvalue weighted by Gasteiger charge is -2.42. The molecule has 6 heteroatoms. The van der Waals surface area contributed by atoms with Crippen LogP contribution >= 0.6 is 0 Å². The highest BCUT2D eigenvalue weighted by molar-refractivity contribution is 5.03. The minimum Gasteiger partial charge on any atom is -0.382 e. The van der Waals surface area contributed by atoms with Crippen LogP contribution < -0.4 is 0 Å². The zero-order valence-electron chi connectivity index (χ0n) is 12.5. The van der Waals surface area contributed by atoms with Crippen LogP contribution in [0.5, 0.6) is 0 Å². The van der Waals surface area contributed by atoms with Crippen LogP contribution in [0.15, 0.2) is 4.52 Å².